The summed E-state index contributed by atoms with van der Waals surface area (Å²) in [7, 11) is 0. The van der Waals surface area contributed by atoms with Crippen molar-refractivity contribution < 1.29 is 19.3 Å². The van der Waals surface area contributed by atoms with E-state index in [1.807, 2.05) is 6.07 Å². The maximum Gasteiger partial charge on any atom is 0.313 e. The molecule has 8 nitrogen and oxygen atoms in total. The number of nitrogens with zero attached hydrogens (tertiary/aromatic N) is 2. The summed E-state index contributed by atoms with van der Waals surface area (Å²) in [6.07, 6.45) is -0.897. The van der Waals surface area contributed by atoms with Gasteiger partial charge in [0.1, 0.15) is 5.52 Å². The number of amides is 2. The number of fused-ring (bicyclic) bond motifs is 1. The highest BCUT2D eigenvalue weighted by atomic mass is 16.6. The van der Waals surface area contributed by atoms with Gasteiger partial charge in [-0.1, -0.05) is 36.4 Å². The fourth-order valence-electron chi connectivity index (χ4n) is 2.15. The SMILES string of the molecule is O=C(NC[C@@H](O)c1ccccc1)C(=O)Nc1cccc2nonc12. The molecule has 3 aromatic rings. The standard InChI is InChI=1S/C16H14N4O4/c21-13(10-5-2-1-3-6-10)9-17-15(22)16(23)18-11-7-4-8-12-14(11)20-24-19-12/h1-8,13,21H,9H2,(H,17,22)(H,18,23)/t13-/m1/s1. The van der Waals surface area contributed by atoms with Gasteiger partial charge in [0.25, 0.3) is 0 Å². The van der Waals surface area contributed by atoms with Gasteiger partial charge in [-0.25, -0.2) is 4.63 Å². The Morgan fingerprint density at radius 2 is 1.83 bits per heavy atom. The number of hydrogen-bond donors (Lipinski definition) is 3. The molecular formula is C16H14N4O4. The first-order valence-corrected chi connectivity index (χ1v) is 7.18. The molecule has 0 aliphatic heterocycles. The van der Waals surface area contributed by atoms with Crippen molar-refractivity contribution in [3.8, 4) is 0 Å². The van der Waals surface area contributed by atoms with Gasteiger partial charge in [-0.15, -0.1) is 0 Å². The molecule has 0 unspecified atom stereocenters. The summed E-state index contributed by atoms with van der Waals surface area (Å²) in [4.78, 5) is 23.8. The minimum Gasteiger partial charge on any atom is -0.387 e. The minimum absolute atomic E-state index is 0.0774. The Hall–Kier alpha value is -3.26. The van der Waals surface area contributed by atoms with Gasteiger partial charge >= 0.3 is 11.8 Å². The van der Waals surface area contributed by atoms with Crippen LogP contribution in [0.2, 0.25) is 0 Å². The molecular weight excluding hydrogens is 312 g/mol. The number of hydrogen-bond acceptors (Lipinski definition) is 6. The zero-order valence-electron chi connectivity index (χ0n) is 12.5. The minimum atomic E-state index is -0.897. The summed E-state index contributed by atoms with van der Waals surface area (Å²) >= 11 is 0. The van der Waals surface area contributed by atoms with E-state index in [2.05, 4.69) is 25.6 Å². The molecule has 122 valence electrons. The molecule has 2 aromatic carbocycles. The number of nitrogens with one attached hydrogen (secondary N) is 2. The van der Waals surface area contributed by atoms with Crippen LogP contribution < -0.4 is 10.6 Å². The Labute approximate surface area is 136 Å². The predicted octanol–water partition coefficient (Wildman–Crippen LogP) is 1.01. The van der Waals surface area contributed by atoms with Crippen molar-refractivity contribution in [2.45, 2.75) is 6.10 Å². The van der Waals surface area contributed by atoms with E-state index in [1.165, 1.54) is 0 Å². The van der Waals surface area contributed by atoms with Crippen LogP contribution >= 0.6 is 0 Å². The molecule has 0 saturated heterocycles. The maximum absolute atomic E-state index is 11.9. The van der Waals surface area contributed by atoms with Gasteiger partial charge in [-0.2, -0.15) is 0 Å². The van der Waals surface area contributed by atoms with Crippen LogP contribution in [-0.4, -0.2) is 33.8 Å². The molecule has 8 heteroatoms. The predicted molar refractivity (Wildman–Crippen MR) is 84.8 cm³/mol. The number of aliphatic hydroxyl groups excluding tert-OH is 1. The van der Waals surface area contributed by atoms with Crippen molar-refractivity contribution in [3.63, 3.8) is 0 Å². The van der Waals surface area contributed by atoms with Crippen molar-refractivity contribution in [1.82, 2.24) is 15.6 Å². The lowest BCUT2D eigenvalue weighted by Crippen LogP contribution is -2.37. The Morgan fingerprint density at radius 3 is 2.62 bits per heavy atom. The summed E-state index contributed by atoms with van der Waals surface area (Å²) in [5, 5.41) is 22.1. The summed E-state index contributed by atoms with van der Waals surface area (Å²) in [6.45, 7) is -0.0774. The molecule has 0 radical (unpaired) electrons. The normalized spacial score (nSPS) is 11.9. The monoisotopic (exact) mass is 326 g/mol. The van der Waals surface area contributed by atoms with Crippen molar-refractivity contribution in [2.75, 3.05) is 11.9 Å². The fourth-order valence-corrected chi connectivity index (χ4v) is 2.15. The van der Waals surface area contributed by atoms with Gasteiger partial charge in [0.15, 0.2) is 5.52 Å². The molecule has 0 fully saturated rings. The van der Waals surface area contributed by atoms with Gasteiger partial charge in [0.05, 0.1) is 11.8 Å². The second-order valence-corrected chi connectivity index (χ2v) is 5.03. The van der Waals surface area contributed by atoms with Crippen LogP contribution in [0.3, 0.4) is 0 Å². The van der Waals surface area contributed by atoms with Crippen molar-refractivity contribution >= 4 is 28.5 Å². The van der Waals surface area contributed by atoms with Crippen LogP contribution in [0.15, 0.2) is 53.2 Å². The van der Waals surface area contributed by atoms with Crippen LogP contribution in [-0.2, 0) is 9.59 Å². The Morgan fingerprint density at radius 1 is 1.04 bits per heavy atom. The third-order valence-electron chi connectivity index (χ3n) is 3.38. The molecule has 1 atom stereocenters. The summed E-state index contributed by atoms with van der Waals surface area (Å²) in [6, 6.07) is 13.7. The van der Waals surface area contributed by atoms with E-state index in [-0.39, 0.29) is 6.54 Å². The van der Waals surface area contributed by atoms with Crippen molar-refractivity contribution in [1.29, 1.82) is 0 Å². The number of aromatic nitrogens is 2. The maximum atomic E-state index is 11.9. The van der Waals surface area contributed by atoms with Crippen LogP contribution in [0.1, 0.15) is 11.7 Å². The van der Waals surface area contributed by atoms with Gasteiger partial charge in [-0.3, -0.25) is 9.59 Å². The zero-order chi connectivity index (χ0) is 16.9. The second-order valence-electron chi connectivity index (χ2n) is 5.03. The fraction of sp³-hybridized carbons (Fsp3) is 0.125. The van der Waals surface area contributed by atoms with E-state index in [4.69, 9.17) is 0 Å². The molecule has 0 aliphatic rings. The number of carbonyl (C=O) groups excluding carboxylic acids is 2. The third-order valence-corrected chi connectivity index (χ3v) is 3.38. The second kappa shape index (κ2) is 6.88. The van der Waals surface area contributed by atoms with Crippen LogP contribution in [0.4, 0.5) is 5.69 Å². The van der Waals surface area contributed by atoms with E-state index in [1.54, 1.807) is 42.5 Å². The molecule has 0 aliphatic carbocycles. The molecule has 0 saturated carbocycles. The number of benzene rings is 2. The van der Waals surface area contributed by atoms with E-state index < -0.39 is 17.9 Å². The average molecular weight is 326 g/mol. The van der Waals surface area contributed by atoms with E-state index in [0.717, 1.165) is 0 Å². The number of rotatable bonds is 4. The van der Waals surface area contributed by atoms with Gasteiger partial charge in [-0.05, 0) is 28.0 Å². The number of carbonyl (C=O) groups is 2. The number of anilines is 1. The lowest BCUT2D eigenvalue weighted by atomic mass is 10.1. The van der Waals surface area contributed by atoms with Gasteiger partial charge in [0, 0.05) is 6.54 Å². The molecule has 3 N–H and O–H groups in total. The van der Waals surface area contributed by atoms with Crippen molar-refractivity contribution in [2.24, 2.45) is 0 Å². The summed E-state index contributed by atoms with van der Waals surface area (Å²) in [5.41, 5.74) is 1.78. The highest BCUT2D eigenvalue weighted by molar-refractivity contribution is 6.40. The Bertz CT molecular complexity index is 863. The highest BCUT2D eigenvalue weighted by Crippen LogP contribution is 2.19. The molecule has 1 aromatic heterocycles. The molecule has 24 heavy (non-hydrogen) atoms. The first-order valence-electron chi connectivity index (χ1n) is 7.18. The highest BCUT2D eigenvalue weighted by Gasteiger charge is 2.17. The first kappa shape index (κ1) is 15.6. The molecule has 2 amide bonds. The largest absolute Gasteiger partial charge is 0.387 e. The quantitative estimate of drug-likeness (QED) is 0.616. The van der Waals surface area contributed by atoms with Crippen LogP contribution in [0.25, 0.3) is 11.0 Å². The Kier molecular flexibility index (Phi) is 4.48. The average Bonchev–Trinajstić information content (AvgIpc) is 3.10. The van der Waals surface area contributed by atoms with Crippen LogP contribution in [0, 0.1) is 0 Å². The molecule has 0 spiro atoms. The van der Waals surface area contributed by atoms with E-state index >= 15 is 0 Å². The molecule has 3 rings (SSSR count). The summed E-state index contributed by atoms with van der Waals surface area (Å²) in [5.74, 6) is -1.73. The zero-order valence-corrected chi connectivity index (χ0v) is 12.5. The lowest BCUT2D eigenvalue weighted by Gasteiger charge is -2.12. The Balaban J connectivity index is 1.59. The summed E-state index contributed by atoms with van der Waals surface area (Å²) < 4.78 is 4.59. The molecule has 0 bridgehead atoms. The van der Waals surface area contributed by atoms with E-state index in [0.29, 0.717) is 22.3 Å². The number of aliphatic hydroxyl groups is 1. The molecule has 1 heterocycles. The van der Waals surface area contributed by atoms with E-state index in [9.17, 15) is 14.7 Å². The third kappa shape index (κ3) is 3.39. The van der Waals surface area contributed by atoms with Gasteiger partial charge < -0.3 is 15.7 Å². The van der Waals surface area contributed by atoms with Crippen molar-refractivity contribution in [3.05, 3.63) is 54.1 Å². The van der Waals surface area contributed by atoms with Gasteiger partial charge in [0.2, 0.25) is 0 Å². The topological polar surface area (TPSA) is 117 Å². The lowest BCUT2D eigenvalue weighted by molar-refractivity contribution is -0.136. The van der Waals surface area contributed by atoms with Crippen LogP contribution in [0.5, 0.6) is 0 Å². The smallest absolute Gasteiger partial charge is 0.313 e. The first-order chi connectivity index (χ1) is 11.6.